The molecule has 0 N–H and O–H groups in total. The molecule has 5 heteroatoms. The van der Waals surface area contributed by atoms with E-state index in [9.17, 15) is 4.79 Å². The third-order valence-corrected chi connectivity index (χ3v) is 2.37. The molecule has 1 aromatic rings. The van der Waals surface area contributed by atoms with Crippen molar-refractivity contribution in [2.45, 2.75) is 5.79 Å². The van der Waals surface area contributed by atoms with Gasteiger partial charge in [-0.2, -0.15) is 0 Å². The van der Waals surface area contributed by atoms with Gasteiger partial charge in [0.25, 0.3) is 0 Å². The lowest BCUT2D eigenvalue weighted by Crippen LogP contribution is -2.53. The summed E-state index contributed by atoms with van der Waals surface area (Å²) in [6.45, 7) is -0.0345. The number of carbonyl (C=O) groups excluding carboxylic acids is 1. The van der Waals surface area contributed by atoms with Crippen molar-refractivity contribution in [3.63, 3.8) is 0 Å². The molecule has 86 valence electrons. The number of esters is 1. The first kappa shape index (κ1) is 10.8. The van der Waals surface area contributed by atoms with E-state index in [4.69, 9.17) is 14.2 Å². The van der Waals surface area contributed by atoms with Crippen LogP contribution in [0, 0.1) is 0 Å². The summed E-state index contributed by atoms with van der Waals surface area (Å²) in [4.78, 5) is 11.6. The van der Waals surface area contributed by atoms with Gasteiger partial charge in [-0.05, 0) is 12.1 Å². The molecule has 1 aromatic carbocycles. The van der Waals surface area contributed by atoms with Gasteiger partial charge in [0.05, 0.1) is 7.11 Å². The first-order valence-electron chi connectivity index (χ1n) is 4.76. The summed E-state index contributed by atoms with van der Waals surface area (Å²) in [6, 6.07) is 7.06. The zero-order valence-corrected chi connectivity index (χ0v) is 9.06. The molecular formula is C11H12O5. The molecule has 1 aliphatic heterocycles. The van der Waals surface area contributed by atoms with Gasteiger partial charge < -0.3 is 18.9 Å². The average molecular weight is 224 g/mol. The van der Waals surface area contributed by atoms with Crippen molar-refractivity contribution in [1.29, 1.82) is 0 Å². The minimum atomic E-state index is -1.51. The van der Waals surface area contributed by atoms with Crippen molar-refractivity contribution in [2.75, 3.05) is 20.8 Å². The summed E-state index contributed by atoms with van der Waals surface area (Å²) in [5, 5.41) is 0. The highest BCUT2D eigenvalue weighted by Crippen LogP contribution is 2.35. The summed E-state index contributed by atoms with van der Waals surface area (Å²) < 4.78 is 20.6. The van der Waals surface area contributed by atoms with Crippen LogP contribution in [0.1, 0.15) is 0 Å². The molecule has 0 saturated carbocycles. The molecule has 1 heterocycles. The molecule has 2 rings (SSSR count). The van der Waals surface area contributed by atoms with E-state index in [0.717, 1.165) is 0 Å². The number of methoxy groups -OCH3 is 2. The normalized spacial score (nSPS) is 22.6. The summed E-state index contributed by atoms with van der Waals surface area (Å²) in [5.74, 6) is -1.09. The lowest BCUT2D eigenvalue weighted by Gasteiger charge is -2.34. The van der Waals surface area contributed by atoms with Crippen LogP contribution in [0.2, 0.25) is 0 Å². The lowest BCUT2D eigenvalue weighted by atomic mass is 10.2. The van der Waals surface area contributed by atoms with Crippen LogP contribution in [0.4, 0.5) is 0 Å². The summed E-state index contributed by atoms with van der Waals surface area (Å²) in [7, 11) is 2.64. The summed E-state index contributed by atoms with van der Waals surface area (Å²) >= 11 is 0. The number of carbonyl (C=O) groups is 1. The SMILES string of the molecule is COC(=O)C1(OC)COc2ccccc2O1. The number of para-hydroxylation sites is 2. The van der Waals surface area contributed by atoms with Crippen LogP contribution in [-0.2, 0) is 14.3 Å². The van der Waals surface area contributed by atoms with Gasteiger partial charge in [0.2, 0.25) is 0 Å². The predicted octanol–water partition coefficient (Wildman–Crippen LogP) is 0.973. The maximum atomic E-state index is 11.6. The van der Waals surface area contributed by atoms with Crippen molar-refractivity contribution < 1.29 is 23.7 Å². The lowest BCUT2D eigenvalue weighted by molar-refractivity contribution is -0.221. The van der Waals surface area contributed by atoms with E-state index in [-0.39, 0.29) is 6.61 Å². The minimum Gasteiger partial charge on any atom is -0.482 e. The quantitative estimate of drug-likeness (QED) is 0.701. The topological polar surface area (TPSA) is 54.0 Å². The van der Waals surface area contributed by atoms with Crippen molar-refractivity contribution in [3.05, 3.63) is 24.3 Å². The first-order valence-corrected chi connectivity index (χ1v) is 4.76. The Morgan fingerprint density at radius 2 is 2.00 bits per heavy atom. The Hall–Kier alpha value is -1.75. The highest BCUT2D eigenvalue weighted by molar-refractivity contribution is 5.79. The molecule has 1 atom stereocenters. The van der Waals surface area contributed by atoms with Gasteiger partial charge in [0.1, 0.15) is 0 Å². The Balaban J connectivity index is 2.32. The fourth-order valence-corrected chi connectivity index (χ4v) is 1.47. The molecular weight excluding hydrogens is 212 g/mol. The maximum absolute atomic E-state index is 11.6. The van der Waals surface area contributed by atoms with Gasteiger partial charge in [-0.1, -0.05) is 12.1 Å². The number of ether oxygens (including phenoxy) is 4. The highest BCUT2D eigenvalue weighted by Gasteiger charge is 2.47. The zero-order valence-electron chi connectivity index (χ0n) is 9.06. The van der Waals surface area contributed by atoms with E-state index in [2.05, 4.69) is 4.74 Å². The van der Waals surface area contributed by atoms with Gasteiger partial charge in [-0.15, -0.1) is 0 Å². The molecule has 0 saturated heterocycles. The van der Waals surface area contributed by atoms with Crippen molar-refractivity contribution in [2.24, 2.45) is 0 Å². The second-order valence-corrected chi connectivity index (χ2v) is 3.29. The average Bonchev–Trinajstić information content (AvgIpc) is 2.37. The fourth-order valence-electron chi connectivity index (χ4n) is 1.47. The Labute approximate surface area is 92.9 Å². The molecule has 0 aromatic heterocycles. The van der Waals surface area contributed by atoms with Gasteiger partial charge in [0.15, 0.2) is 18.1 Å². The molecule has 16 heavy (non-hydrogen) atoms. The van der Waals surface area contributed by atoms with E-state index in [1.807, 2.05) is 6.07 Å². The van der Waals surface area contributed by atoms with Crippen LogP contribution < -0.4 is 9.47 Å². The molecule has 0 amide bonds. The van der Waals surface area contributed by atoms with Crippen molar-refractivity contribution in [1.82, 2.24) is 0 Å². The Kier molecular flexibility index (Phi) is 2.70. The predicted molar refractivity (Wildman–Crippen MR) is 54.3 cm³/mol. The number of hydrogen-bond acceptors (Lipinski definition) is 5. The van der Waals surface area contributed by atoms with Gasteiger partial charge in [-0.25, -0.2) is 4.79 Å². The van der Waals surface area contributed by atoms with Gasteiger partial charge in [0, 0.05) is 7.11 Å². The maximum Gasteiger partial charge on any atom is 0.383 e. The Bertz CT molecular complexity index is 403. The standard InChI is InChI=1S/C11H12O5/c1-13-10(12)11(14-2)7-15-8-5-3-4-6-9(8)16-11/h3-6H,7H2,1-2H3. The largest absolute Gasteiger partial charge is 0.482 e. The number of fused-ring (bicyclic) bond motifs is 1. The van der Waals surface area contributed by atoms with Crippen LogP contribution in [0.3, 0.4) is 0 Å². The molecule has 0 aliphatic carbocycles. The van der Waals surface area contributed by atoms with Gasteiger partial charge >= 0.3 is 11.8 Å². The molecule has 0 fully saturated rings. The third kappa shape index (κ3) is 1.59. The number of rotatable bonds is 2. The zero-order chi connectivity index (χ0) is 11.6. The second-order valence-electron chi connectivity index (χ2n) is 3.29. The van der Waals surface area contributed by atoms with Crippen molar-refractivity contribution in [3.8, 4) is 11.5 Å². The first-order chi connectivity index (χ1) is 7.72. The van der Waals surface area contributed by atoms with E-state index < -0.39 is 11.8 Å². The molecule has 0 bridgehead atoms. The number of hydrogen-bond donors (Lipinski definition) is 0. The molecule has 1 aliphatic rings. The van der Waals surface area contributed by atoms with E-state index >= 15 is 0 Å². The van der Waals surface area contributed by atoms with Crippen LogP contribution >= 0.6 is 0 Å². The minimum absolute atomic E-state index is 0.0345. The molecule has 1 unspecified atom stereocenters. The van der Waals surface area contributed by atoms with Gasteiger partial charge in [-0.3, -0.25) is 0 Å². The third-order valence-electron chi connectivity index (χ3n) is 2.37. The molecule has 5 nitrogen and oxygen atoms in total. The fraction of sp³-hybridized carbons (Fsp3) is 0.364. The van der Waals surface area contributed by atoms with Crippen LogP contribution in [0.25, 0.3) is 0 Å². The monoisotopic (exact) mass is 224 g/mol. The summed E-state index contributed by atoms with van der Waals surface area (Å²) in [5.41, 5.74) is 0. The molecule has 0 spiro atoms. The molecule has 0 radical (unpaired) electrons. The van der Waals surface area contributed by atoms with E-state index in [1.54, 1.807) is 18.2 Å². The Morgan fingerprint density at radius 1 is 1.31 bits per heavy atom. The van der Waals surface area contributed by atoms with Crippen LogP contribution in [0.5, 0.6) is 11.5 Å². The Morgan fingerprint density at radius 3 is 2.62 bits per heavy atom. The van der Waals surface area contributed by atoms with Crippen LogP contribution in [-0.4, -0.2) is 32.6 Å². The van der Waals surface area contributed by atoms with Crippen molar-refractivity contribution >= 4 is 5.97 Å². The second kappa shape index (κ2) is 4.02. The highest BCUT2D eigenvalue weighted by atomic mass is 16.8. The number of benzene rings is 1. The van der Waals surface area contributed by atoms with Crippen LogP contribution in [0.15, 0.2) is 24.3 Å². The summed E-state index contributed by atoms with van der Waals surface area (Å²) in [6.07, 6.45) is 0. The smallest absolute Gasteiger partial charge is 0.383 e. The van der Waals surface area contributed by atoms with E-state index in [0.29, 0.717) is 11.5 Å². The van der Waals surface area contributed by atoms with E-state index in [1.165, 1.54) is 14.2 Å².